The van der Waals surface area contributed by atoms with E-state index in [1.54, 1.807) is 11.3 Å². The Hall–Kier alpha value is -0.410. The Morgan fingerprint density at radius 3 is 2.60 bits per heavy atom. The molecule has 1 atom stereocenters. The summed E-state index contributed by atoms with van der Waals surface area (Å²) in [4.78, 5) is 13.2. The van der Waals surface area contributed by atoms with Gasteiger partial charge in [0.05, 0.1) is 11.6 Å². The van der Waals surface area contributed by atoms with Gasteiger partial charge in [0.15, 0.2) is 5.96 Å². The van der Waals surface area contributed by atoms with E-state index in [0.717, 1.165) is 32.0 Å². The van der Waals surface area contributed by atoms with E-state index in [0.29, 0.717) is 12.0 Å². The van der Waals surface area contributed by atoms with Crippen molar-refractivity contribution >= 4 is 41.3 Å². The summed E-state index contributed by atoms with van der Waals surface area (Å²) in [6, 6.07) is 0.546. The summed E-state index contributed by atoms with van der Waals surface area (Å²) in [7, 11) is 0. The first-order valence-corrected chi connectivity index (χ1v) is 10.1. The lowest BCUT2D eigenvalue weighted by Gasteiger charge is -2.29. The fourth-order valence-electron chi connectivity index (χ4n) is 3.15. The SMILES string of the molecule is CCNC(=NCC(C(C)C)N1CCCC1)NCCc1ncc(C)s1.I. The molecule has 1 fully saturated rings. The smallest absolute Gasteiger partial charge is 0.191 e. The van der Waals surface area contributed by atoms with Gasteiger partial charge in [-0.2, -0.15) is 0 Å². The molecule has 2 N–H and O–H groups in total. The minimum absolute atomic E-state index is 0. The number of hydrogen-bond donors (Lipinski definition) is 2. The molecular weight excluding hydrogens is 445 g/mol. The fraction of sp³-hybridized carbons (Fsp3) is 0.778. The number of aryl methyl sites for hydroxylation is 1. The number of aromatic nitrogens is 1. The first-order chi connectivity index (χ1) is 11.6. The standard InChI is InChI=1S/C18H33N5S.HI/c1-5-19-18(20-9-8-17-21-12-15(4)24-17)22-13-16(14(2)3)23-10-6-7-11-23;/h12,14,16H,5-11,13H2,1-4H3,(H2,19,20,22);1H. The van der Waals surface area contributed by atoms with Crippen LogP contribution in [0.25, 0.3) is 0 Å². The molecule has 0 radical (unpaired) electrons. The molecule has 144 valence electrons. The predicted molar refractivity (Wildman–Crippen MR) is 119 cm³/mol. The maximum absolute atomic E-state index is 4.85. The van der Waals surface area contributed by atoms with E-state index in [2.05, 4.69) is 48.2 Å². The molecule has 1 unspecified atom stereocenters. The largest absolute Gasteiger partial charge is 0.357 e. The average molecular weight is 479 g/mol. The van der Waals surface area contributed by atoms with Crippen LogP contribution >= 0.6 is 35.3 Å². The van der Waals surface area contributed by atoms with E-state index >= 15 is 0 Å². The van der Waals surface area contributed by atoms with E-state index in [9.17, 15) is 0 Å². The van der Waals surface area contributed by atoms with Gasteiger partial charge in [0.25, 0.3) is 0 Å². The topological polar surface area (TPSA) is 52.6 Å². The van der Waals surface area contributed by atoms with Crippen molar-refractivity contribution < 1.29 is 0 Å². The van der Waals surface area contributed by atoms with E-state index in [1.807, 2.05) is 6.20 Å². The number of thiazole rings is 1. The molecule has 0 amide bonds. The summed E-state index contributed by atoms with van der Waals surface area (Å²) >= 11 is 1.77. The van der Waals surface area contributed by atoms with Gasteiger partial charge in [-0.25, -0.2) is 4.98 Å². The summed E-state index contributed by atoms with van der Waals surface area (Å²) in [6.07, 6.45) is 5.56. The summed E-state index contributed by atoms with van der Waals surface area (Å²) < 4.78 is 0. The van der Waals surface area contributed by atoms with Crippen molar-refractivity contribution in [3.05, 3.63) is 16.1 Å². The second-order valence-corrected chi connectivity index (χ2v) is 8.13. The van der Waals surface area contributed by atoms with Crippen molar-refractivity contribution in [1.29, 1.82) is 0 Å². The number of halogens is 1. The number of guanidine groups is 1. The highest BCUT2D eigenvalue weighted by Crippen LogP contribution is 2.18. The molecule has 1 aromatic heterocycles. The molecule has 2 rings (SSSR count). The molecule has 1 aliphatic heterocycles. The zero-order chi connectivity index (χ0) is 17.4. The zero-order valence-corrected chi connectivity index (χ0v) is 19.2. The van der Waals surface area contributed by atoms with Crippen molar-refractivity contribution in [2.45, 2.75) is 53.0 Å². The van der Waals surface area contributed by atoms with Crippen molar-refractivity contribution in [1.82, 2.24) is 20.5 Å². The van der Waals surface area contributed by atoms with E-state index < -0.39 is 0 Å². The summed E-state index contributed by atoms with van der Waals surface area (Å²) in [6.45, 7) is 13.9. The molecule has 1 saturated heterocycles. The van der Waals surface area contributed by atoms with Gasteiger partial charge in [-0.05, 0) is 45.7 Å². The van der Waals surface area contributed by atoms with Gasteiger partial charge in [-0.1, -0.05) is 13.8 Å². The van der Waals surface area contributed by atoms with Crippen LogP contribution in [0.2, 0.25) is 0 Å². The minimum atomic E-state index is 0. The maximum Gasteiger partial charge on any atom is 0.191 e. The molecule has 0 aliphatic carbocycles. The Morgan fingerprint density at radius 2 is 2.04 bits per heavy atom. The molecule has 1 aliphatic rings. The van der Waals surface area contributed by atoms with Crippen molar-refractivity contribution in [3.8, 4) is 0 Å². The summed E-state index contributed by atoms with van der Waals surface area (Å²) in [5.74, 6) is 1.56. The highest BCUT2D eigenvalue weighted by atomic mass is 127. The molecule has 7 heteroatoms. The number of nitrogens with one attached hydrogen (secondary N) is 2. The second-order valence-electron chi connectivity index (χ2n) is 6.82. The molecular formula is C18H34IN5S. The third-order valence-electron chi connectivity index (χ3n) is 4.46. The Balaban J connectivity index is 0.00000312. The quantitative estimate of drug-likeness (QED) is 0.342. The molecule has 0 aromatic carbocycles. The zero-order valence-electron chi connectivity index (χ0n) is 16.0. The first-order valence-electron chi connectivity index (χ1n) is 9.27. The van der Waals surface area contributed by atoms with E-state index in [-0.39, 0.29) is 24.0 Å². The molecule has 25 heavy (non-hydrogen) atoms. The van der Waals surface area contributed by atoms with Gasteiger partial charge in [0.2, 0.25) is 0 Å². The molecule has 0 spiro atoms. The lowest BCUT2D eigenvalue weighted by Crippen LogP contribution is -2.42. The van der Waals surface area contributed by atoms with Crippen LogP contribution in [0.1, 0.15) is 43.5 Å². The van der Waals surface area contributed by atoms with Crippen LogP contribution in [-0.2, 0) is 6.42 Å². The third kappa shape index (κ3) is 7.78. The maximum atomic E-state index is 4.85. The van der Waals surface area contributed by atoms with Gasteiger partial charge in [0, 0.05) is 36.6 Å². The highest BCUT2D eigenvalue weighted by Gasteiger charge is 2.24. The Bertz CT molecular complexity index is 511. The Morgan fingerprint density at radius 1 is 1.32 bits per heavy atom. The number of aliphatic imine (C=N–C) groups is 1. The molecule has 5 nitrogen and oxygen atoms in total. The molecule has 2 heterocycles. The van der Waals surface area contributed by atoms with Gasteiger partial charge in [-0.3, -0.25) is 9.89 Å². The fourth-order valence-corrected chi connectivity index (χ4v) is 3.94. The van der Waals surface area contributed by atoms with Crippen LogP contribution in [0.5, 0.6) is 0 Å². The lowest BCUT2D eigenvalue weighted by atomic mass is 10.0. The van der Waals surface area contributed by atoms with Gasteiger partial charge in [0.1, 0.15) is 0 Å². The minimum Gasteiger partial charge on any atom is -0.357 e. The van der Waals surface area contributed by atoms with Gasteiger partial charge < -0.3 is 10.6 Å². The summed E-state index contributed by atoms with van der Waals surface area (Å²) in [5.41, 5.74) is 0. The van der Waals surface area contributed by atoms with Crippen LogP contribution in [0.15, 0.2) is 11.2 Å². The number of likely N-dealkylation sites (tertiary alicyclic amines) is 1. The highest BCUT2D eigenvalue weighted by molar-refractivity contribution is 14.0. The monoisotopic (exact) mass is 479 g/mol. The van der Waals surface area contributed by atoms with Gasteiger partial charge >= 0.3 is 0 Å². The number of hydrogen-bond acceptors (Lipinski definition) is 4. The van der Waals surface area contributed by atoms with Gasteiger partial charge in [-0.15, -0.1) is 35.3 Å². The lowest BCUT2D eigenvalue weighted by molar-refractivity contribution is 0.197. The molecule has 1 aromatic rings. The number of rotatable bonds is 8. The van der Waals surface area contributed by atoms with Crippen LogP contribution < -0.4 is 10.6 Å². The van der Waals surface area contributed by atoms with Crippen LogP contribution in [0, 0.1) is 12.8 Å². The van der Waals surface area contributed by atoms with E-state index in [1.165, 1.54) is 35.8 Å². The summed E-state index contributed by atoms with van der Waals surface area (Å²) in [5, 5.41) is 8.00. The molecule has 0 saturated carbocycles. The third-order valence-corrected chi connectivity index (χ3v) is 5.43. The van der Waals surface area contributed by atoms with Crippen LogP contribution in [0.3, 0.4) is 0 Å². The second kappa shape index (κ2) is 12.1. The van der Waals surface area contributed by atoms with Crippen LogP contribution in [0.4, 0.5) is 0 Å². The average Bonchev–Trinajstić information content (AvgIpc) is 3.19. The first kappa shape index (κ1) is 22.6. The Labute approximate surface area is 174 Å². The van der Waals surface area contributed by atoms with Crippen molar-refractivity contribution in [2.75, 3.05) is 32.7 Å². The number of nitrogens with zero attached hydrogens (tertiary/aromatic N) is 3. The Kier molecular flexibility index (Phi) is 10.9. The van der Waals surface area contributed by atoms with E-state index in [4.69, 9.17) is 4.99 Å². The van der Waals surface area contributed by atoms with Crippen molar-refractivity contribution in [3.63, 3.8) is 0 Å². The predicted octanol–water partition coefficient (Wildman–Crippen LogP) is 3.29. The van der Waals surface area contributed by atoms with Crippen molar-refractivity contribution in [2.24, 2.45) is 10.9 Å². The normalized spacial score (nSPS) is 16.8. The molecule has 0 bridgehead atoms. The van der Waals surface area contributed by atoms with Crippen LogP contribution in [-0.4, -0.2) is 54.6 Å².